The van der Waals surface area contributed by atoms with Gasteiger partial charge in [-0.15, -0.1) is 0 Å². The first kappa shape index (κ1) is 12.1. The van der Waals surface area contributed by atoms with Crippen molar-refractivity contribution in [2.75, 3.05) is 0 Å². The second-order valence-corrected chi connectivity index (χ2v) is 4.97. The van der Waals surface area contributed by atoms with Crippen molar-refractivity contribution in [1.29, 1.82) is 0 Å². The molecule has 2 rings (SSSR count). The molecular formula is C13H18O4. The summed E-state index contributed by atoms with van der Waals surface area (Å²) in [5, 5.41) is 0. The molecule has 1 heterocycles. The molecule has 4 nitrogen and oxygen atoms in total. The Morgan fingerprint density at radius 2 is 2.24 bits per heavy atom. The summed E-state index contributed by atoms with van der Waals surface area (Å²) in [5.41, 5.74) is 0. The van der Waals surface area contributed by atoms with Crippen LogP contribution in [0.1, 0.15) is 32.6 Å². The quantitative estimate of drug-likeness (QED) is 0.544. The topological polar surface area (TPSA) is 52.6 Å². The minimum atomic E-state index is -0.443. The fraction of sp³-hybridized carbons (Fsp3) is 0.692. The SMILES string of the molecule is C=CC(=O)OC1CCC2CC(C)C(=O)OC1C2. The third kappa shape index (κ3) is 2.68. The number of esters is 2. The van der Waals surface area contributed by atoms with Crippen LogP contribution >= 0.6 is 0 Å². The number of fused-ring (bicyclic) bond motifs is 2. The molecule has 4 atom stereocenters. The van der Waals surface area contributed by atoms with Crippen molar-refractivity contribution in [3.8, 4) is 0 Å². The summed E-state index contributed by atoms with van der Waals surface area (Å²) < 4.78 is 10.6. The van der Waals surface area contributed by atoms with E-state index in [0.717, 1.165) is 31.8 Å². The van der Waals surface area contributed by atoms with E-state index >= 15 is 0 Å². The Bertz CT molecular complexity index is 336. The lowest BCUT2D eigenvalue weighted by Gasteiger charge is -2.32. The fourth-order valence-electron chi connectivity index (χ4n) is 2.72. The van der Waals surface area contributed by atoms with Crippen LogP contribution in [0.15, 0.2) is 12.7 Å². The maximum absolute atomic E-state index is 11.7. The second kappa shape index (κ2) is 4.90. The van der Waals surface area contributed by atoms with Crippen molar-refractivity contribution in [1.82, 2.24) is 0 Å². The molecule has 0 amide bonds. The van der Waals surface area contributed by atoms with Gasteiger partial charge in [0.1, 0.15) is 12.2 Å². The van der Waals surface area contributed by atoms with Crippen LogP contribution in [-0.4, -0.2) is 24.1 Å². The zero-order valence-corrected chi connectivity index (χ0v) is 10.1. The van der Waals surface area contributed by atoms with E-state index in [9.17, 15) is 9.59 Å². The van der Waals surface area contributed by atoms with Gasteiger partial charge in [0.15, 0.2) is 0 Å². The van der Waals surface area contributed by atoms with Crippen molar-refractivity contribution in [2.45, 2.75) is 44.8 Å². The number of ether oxygens (including phenoxy) is 2. The monoisotopic (exact) mass is 238 g/mol. The minimum absolute atomic E-state index is 0.0427. The fourth-order valence-corrected chi connectivity index (χ4v) is 2.72. The van der Waals surface area contributed by atoms with E-state index in [-0.39, 0.29) is 24.1 Å². The van der Waals surface area contributed by atoms with Crippen LogP contribution < -0.4 is 0 Å². The van der Waals surface area contributed by atoms with E-state index in [2.05, 4.69) is 6.58 Å². The Hall–Kier alpha value is -1.32. The smallest absolute Gasteiger partial charge is 0.330 e. The lowest BCUT2D eigenvalue weighted by atomic mass is 9.81. The molecule has 94 valence electrons. The van der Waals surface area contributed by atoms with Gasteiger partial charge < -0.3 is 9.47 Å². The zero-order valence-electron chi connectivity index (χ0n) is 10.1. The molecule has 0 aromatic carbocycles. The maximum Gasteiger partial charge on any atom is 0.330 e. The summed E-state index contributed by atoms with van der Waals surface area (Å²) in [6.07, 6.45) is 4.04. The number of rotatable bonds is 2. The Kier molecular flexibility index (Phi) is 3.50. The predicted octanol–water partition coefficient (Wildman–Crippen LogP) is 1.84. The average molecular weight is 238 g/mol. The van der Waals surface area contributed by atoms with Gasteiger partial charge in [0, 0.05) is 6.08 Å². The third-order valence-corrected chi connectivity index (χ3v) is 3.63. The number of carbonyl (C=O) groups excluding carboxylic acids is 2. The van der Waals surface area contributed by atoms with Crippen LogP contribution in [0.5, 0.6) is 0 Å². The Balaban J connectivity index is 2.05. The molecule has 2 bridgehead atoms. The number of hydrogen-bond donors (Lipinski definition) is 0. The van der Waals surface area contributed by atoms with Crippen molar-refractivity contribution in [2.24, 2.45) is 11.8 Å². The van der Waals surface area contributed by atoms with E-state index in [1.54, 1.807) is 0 Å². The highest BCUT2D eigenvalue weighted by Gasteiger charge is 2.40. The molecule has 0 spiro atoms. The third-order valence-electron chi connectivity index (χ3n) is 3.63. The van der Waals surface area contributed by atoms with Gasteiger partial charge >= 0.3 is 11.9 Å². The van der Waals surface area contributed by atoms with Crippen molar-refractivity contribution < 1.29 is 19.1 Å². The van der Waals surface area contributed by atoms with Crippen LogP contribution in [0.4, 0.5) is 0 Å². The molecule has 1 saturated carbocycles. The van der Waals surface area contributed by atoms with Crippen molar-refractivity contribution in [3.05, 3.63) is 12.7 Å². The molecular weight excluding hydrogens is 220 g/mol. The summed E-state index contributed by atoms with van der Waals surface area (Å²) >= 11 is 0. The van der Waals surface area contributed by atoms with E-state index in [4.69, 9.17) is 9.47 Å². The molecule has 0 N–H and O–H groups in total. The largest absolute Gasteiger partial charge is 0.458 e. The maximum atomic E-state index is 11.7. The van der Waals surface area contributed by atoms with Gasteiger partial charge in [-0.05, 0) is 31.6 Å². The molecule has 17 heavy (non-hydrogen) atoms. The van der Waals surface area contributed by atoms with Gasteiger partial charge in [0.05, 0.1) is 5.92 Å². The molecule has 2 fully saturated rings. The second-order valence-electron chi connectivity index (χ2n) is 4.97. The number of hydrogen-bond acceptors (Lipinski definition) is 4. The highest BCUT2D eigenvalue weighted by atomic mass is 16.6. The first-order valence-electron chi connectivity index (χ1n) is 6.13. The van der Waals surface area contributed by atoms with Crippen molar-refractivity contribution >= 4 is 11.9 Å². The minimum Gasteiger partial charge on any atom is -0.458 e. The molecule has 0 aromatic heterocycles. The van der Waals surface area contributed by atoms with Gasteiger partial charge in [-0.25, -0.2) is 4.79 Å². The number of carbonyl (C=O) groups is 2. The molecule has 1 aliphatic carbocycles. The normalized spacial score (nSPS) is 36.6. The van der Waals surface area contributed by atoms with Gasteiger partial charge in [-0.3, -0.25) is 4.79 Å². The van der Waals surface area contributed by atoms with Gasteiger partial charge in [-0.1, -0.05) is 13.5 Å². The Morgan fingerprint density at radius 3 is 2.94 bits per heavy atom. The standard InChI is InChI=1S/C13H18O4/c1-3-12(14)16-10-5-4-9-6-8(2)13(15)17-11(10)7-9/h3,8-11H,1,4-7H2,2H3. The van der Waals surface area contributed by atoms with Crippen LogP contribution in [0.3, 0.4) is 0 Å². The first-order chi connectivity index (χ1) is 8.10. The zero-order chi connectivity index (χ0) is 12.4. The average Bonchev–Trinajstić information content (AvgIpc) is 2.41. The summed E-state index contributed by atoms with van der Waals surface area (Å²) in [6, 6.07) is 0. The highest BCUT2D eigenvalue weighted by Crippen LogP contribution is 2.36. The lowest BCUT2D eigenvalue weighted by Crippen LogP contribution is -2.38. The predicted molar refractivity (Wildman–Crippen MR) is 61.1 cm³/mol. The molecule has 2 aliphatic rings. The van der Waals surface area contributed by atoms with Crippen LogP contribution in [0, 0.1) is 11.8 Å². The van der Waals surface area contributed by atoms with Gasteiger partial charge in [0.2, 0.25) is 0 Å². The van der Waals surface area contributed by atoms with Crippen LogP contribution in [0.25, 0.3) is 0 Å². The molecule has 4 heteroatoms. The summed E-state index contributed by atoms with van der Waals surface area (Å²) in [4.78, 5) is 22.9. The Morgan fingerprint density at radius 1 is 1.47 bits per heavy atom. The summed E-state index contributed by atoms with van der Waals surface area (Å²) in [5.74, 6) is -0.139. The van der Waals surface area contributed by atoms with E-state index in [1.165, 1.54) is 0 Å². The Labute approximate surface area is 101 Å². The van der Waals surface area contributed by atoms with E-state index in [1.807, 2.05) is 6.92 Å². The first-order valence-corrected chi connectivity index (χ1v) is 6.13. The highest BCUT2D eigenvalue weighted by molar-refractivity contribution is 5.81. The summed E-state index contributed by atoms with van der Waals surface area (Å²) in [6.45, 7) is 5.27. The molecule has 4 unspecified atom stereocenters. The van der Waals surface area contributed by atoms with Gasteiger partial charge in [-0.2, -0.15) is 0 Å². The van der Waals surface area contributed by atoms with E-state index < -0.39 is 5.97 Å². The van der Waals surface area contributed by atoms with Crippen LogP contribution in [0.2, 0.25) is 0 Å². The lowest BCUT2D eigenvalue weighted by molar-refractivity contribution is -0.169. The summed E-state index contributed by atoms with van der Waals surface area (Å²) in [7, 11) is 0. The van der Waals surface area contributed by atoms with Crippen molar-refractivity contribution in [3.63, 3.8) is 0 Å². The molecule has 0 aromatic rings. The van der Waals surface area contributed by atoms with Crippen LogP contribution in [-0.2, 0) is 19.1 Å². The van der Waals surface area contributed by atoms with Gasteiger partial charge in [0.25, 0.3) is 0 Å². The molecule has 1 saturated heterocycles. The molecule has 1 aliphatic heterocycles. The molecule has 0 radical (unpaired) electrons. The van der Waals surface area contributed by atoms with E-state index in [0.29, 0.717) is 5.92 Å².